The third-order valence-corrected chi connectivity index (χ3v) is 2.89. The smallest absolute Gasteiger partial charge is 0.313 e. The molecule has 2 N–H and O–H groups in total. The van der Waals surface area contributed by atoms with E-state index in [1.54, 1.807) is 6.07 Å². The molecule has 0 aliphatic heterocycles. The number of carbonyl (C=O) groups is 2. The molecule has 110 valence electrons. The SMILES string of the molecule is COC(CNC(=O)C(=O)Nc1ccc(Cl)cc1Cl)OC. The summed E-state index contributed by atoms with van der Waals surface area (Å²) in [5.74, 6) is -1.67. The van der Waals surface area contributed by atoms with Gasteiger partial charge in [-0.05, 0) is 18.2 Å². The fourth-order valence-corrected chi connectivity index (χ4v) is 1.74. The zero-order valence-electron chi connectivity index (χ0n) is 10.9. The number of anilines is 1. The van der Waals surface area contributed by atoms with E-state index in [2.05, 4.69) is 10.6 Å². The molecule has 0 radical (unpaired) electrons. The van der Waals surface area contributed by atoms with Crippen LogP contribution in [0, 0.1) is 0 Å². The highest BCUT2D eigenvalue weighted by molar-refractivity contribution is 6.42. The van der Waals surface area contributed by atoms with Gasteiger partial charge in [0.1, 0.15) is 0 Å². The van der Waals surface area contributed by atoms with Gasteiger partial charge in [-0.15, -0.1) is 0 Å². The summed E-state index contributed by atoms with van der Waals surface area (Å²) in [6.45, 7) is 0.0492. The van der Waals surface area contributed by atoms with Crippen molar-refractivity contribution in [1.82, 2.24) is 5.32 Å². The molecule has 0 spiro atoms. The van der Waals surface area contributed by atoms with E-state index in [0.717, 1.165) is 0 Å². The number of methoxy groups -OCH3 is 2. The predicted octanol–water partition coefficient (Wildman–Crippen LogP) is 1.67. The van der Waals surface area contributed by atoms with Crippen LogP contribution in [0.2, 0.25) is 10.0 Å². The zero-order valence-corrected chi connectivity index (χ0v) is 12.4. The van der Waals surface area contributed by atoms with Gasteiger partial charge in [-0.1, -0.05) is 23.2 Å². The Morgan fingerprint density at radius 1 is 1.20 bits per heavy atom. The van der Waals surface area contributed by atoms with Gasteiger partial charge in [-0.25, -0.2) is 0 Å². The lowest BCUT2D eigenvalue weighted by atomic mass is 10.3. The Bertz CT molecular complexity index is 492. The van der Waals surface area contributed by atoms with E-state index in [4.69, 9.17) is 32.7 Å². The first-order valence-corrected chi connectivity index (χ1v) is 6.33. The van der Waals surface area contributed by atoms with Gasteiger partial charge >= 0.3 is 11.8 Å². The standard InChI is InChI=1S/C12H14Cl2N2O4/c1-19-10(20-2)6-15-11(17)12(18)16-9-4-3-7(13)5-8(9)14/h3-5,10H,6H2,1-2H3,(H,15,17)(H,16,18). The molecule has 1 aromatic carbocycles. The van der Waals surface area contributed by atoms with E-state index in [1.807, 2.05) is 0 Å². The average Bonchev–Trinajstić information content (AvgIpc) is 2.42. The number of carbonyl (C=O) groups excluding carboxylic acids is 2. The molecule has 0 bridgehead atoms. The highest BCUT2D eigenvalue weighted by Crippen LogP contribution is 2.25. The minimum Gasteiger partial charge on any atom is -0.354 e. The van der Waals surface area contributed by atoms with Crippen LogP contribution in [0.4, 0.5) is 5.69 Å². The van der Waals surface area contributed by atoms with Gasteiger partial charge in [-0.2, -0.15) is 0 Å². The molecular weight excluding hydrogens is 307 g/mol. The van der Waals surface area contributed by atoms with E-state index in [9.17, 15) is 9.59 Å². The molecule has 0 heterocycles. The second kappa shape index (κ2) is 8.06. The minimum atomic E-state index is -0.847. The molecule has 0 saturated carbocycles. The topological polar surface area (TPSA) is 76.7 Å². The number of hydrogen-bond donors (Lipinski definition) is 2. The summed E-state index contributed by atoms with van der Waals surface area (Å²) >= 11 is 11.6. The summed E-state index contributed by atoms with van der Waals surface area (Å²) in [7, 11) is 2.85. The highest BCUT2D eigenvalue weighted by atomic mass is 35.5. The molecule has 8 heteroatoms. The second-order valence-electron chi connectivity index (χ2n) is 3.69. The van der Waals surface area contributed by atoms with Crippen molar-refractivity contribution in [2.24, 2.45) is 0 Å². The van der Waals surface area contributed by atoms with Gasteiger partial charge in [-0.3, -0.25) is 9.59 Å². The van der Waals surface area contributed by atoms with Gasteiger partial charge in [0.05, 0.1) is 17.3 Å². The van der Waals surface area contributed by atoms with Crippen LogP contribution in [0.3, 0.4) is 0 Å². The number of ether oxygens (including phenoxy) is 2. The molecule has 20 heavy (non-hydrogen) atoms. The van der Waals surface area contributed by atoms with Crippen molar-refractivity contribution in [3.63, 3.8) is 0 Å². The van der Waals surface area contributed by atoms with Crippen LogP contribution >= 0.6 is 23.2 Å². The molecule has 0 unspecified atom stereocenters. The van der Waals surface area contributed by atoms with Gasteiger partial charge < -0.3 is 20.1 Å². The number of amides is 2. The molecule has 0 atom stereocenters. The van der Waals surface area contributed by atoms with Gasteiger partial charge in [0.15, 0.2) is 6.29 Å². The molecule has 1 rings (SSSR count). The van der Waals surface area contributed by atoms with Gasteiger partial charge in [0, 0.05) is 19.2 Å². The Kier molecular flexibility index (Phi) is 6.74. The van der Waals surface area contributed by atoms with Crippen LogP contribution in [0.15, 0.2) is 18.2 Å². The van der Waals surface area contributed by atoms with Gasteiger partial charge in [0.25, 0.3) is 0 Å². The molecule has 6 nitrogen and oxygen atoms in total. The first kappa shape index (κ1) is 16.7. The zero-order chi connectivity index (χ0) is 15.1. The van der Waals surface area contributed by atoms with Crippen molar-refractivity contribution < 1.29 is 19.1 Å². The van der Waals surface area contributed by atoms with Crippen molar-refractivity contribution >= 4 is 40.7 Å². The molecule has 0 saturated heterocycles. The van der Waals surface area contributed by atoms with Crippen molar-refractivity contribution in [3.8, 4) is 0 Å². The monoisotopic (exact) mass is 320 g/mol. The van der Waals surface area contributed by atoms with E-state index < -0.39 is 18.1 Å². The number of nitrogens with one attached hydrogen (secondary N) is 2. The lowest BCUT2D eigenvalue weighted by molar-refractivity contribution is -0.139. The number of rotatable bonds is 5. The maximum atomic E-state index is 11.6. The first-order chi connectivity index (χ1) is 9.47. The maximum absolute atomic E-state index is 11.6. The van der Waals surface area contributed by atoms with Crippen molar-refractivity contribution in [2.45, 2.75) is 6.29 Å². The largest absolute Gasteiger partial charge is 0.354 e. The molecule has 1 aromatic rings. The summed E-state index contributed by atoms with van der Waals surface area (Å²) in [6, 6.07) is 4.51. The molecule has 0 fully saturated rings. The molecule has 0 aromatic heterocycles. The molecular formula is C12H14Cl2N2O4. The molecule has 2 amide bonds. The lowest BCUT2D eigenvalue weighted by Crippen LogP contribution is -2.40. The summed E-state index contributed by atoms with van der Waals surface area (Å²) in [5.41, 5.74) is 0.297. The lowest BCUT2D eigenvalue weighted by Gasteiger charge is -2.14. The quantitative estimate of drug-likeness (QED) is 0.639. The van der Waals surface area contributed by atoms with Crippen molar-refractivity contribution in [2.75, 3.05) is 26.1 Å². The Morgan fingerprint density at radius 3 is 2.40 bits per heavy atom. The van der Waals surface area contributed by atoms with Crippen LogP contribution in [-0.2, 0) is 19.1 Å². The Morgan fingerprint density at radius 2 is 1.85 bits per heavy atom. The Hall–Kier alpha value is -1.34. The second-order valence-corrected chi connectivity index (χ2v) is 4.53. The summed E-state index contributed by atoms with van der Waals surface area (Å²) in [4.78, 5) is 23.2. The Labute approximate surface area is 126 Å². The maximum Gasteiger partial charge on any atom is 0.313 e. The number of halogens is 2. The van der Waals surface area contributed by atoms with Crippen molar-refractivity contribution in [1.29, 1.82) is 0 Å². The Balaban J connectivity index is 2.55. The third kappa shape index (κ3) is 4.97. The van der Waals surface area contributed by atoms with Crippen LogP contribution < -0.4 is 10.6 Å². The first-order valence-electron chi connectivity index (χ1n) is 5.57. The summed E-state index contributed by atoms with van der Waals surface area (Å²) < 4.78 is 9.75. The summed E-state index contributed by atoms with van der Waals surface area (Å²) in [6.07, 6.45) is -0.620. The molecule has 0 aliphatic carbocycles. The fraction of sp³-hybridized carbons (Fsp3) is 0.333. The van der Waals surface area contributed by atoms with Crippen LogP contribution in [0.5, 0.6) is 0 Å². The van der Waals surface area contributed by atoms with Crippen LogP contribution in [0.25, 0.3) is 0 Å². The third-order valence-electron chi connectivity index (χ3n) is 2.34. The van der Waals surface area contributed by atoms with Crippen LogP contribution in [0.1, 0.15) is 0 Å². The fourth-order valence-electron chi connectivity index (χ4n) is 1.29. The normalized spacial score (nSPS) is 10.4. The average molecular weight is 321 g/mol. The van der Waals surface area contributed by atoms with Crippen molar-refractivity contribution in [3.05, 3.63) is 28.2 Å². The number of hydrogen-bond acceptors (Lipinski definition) is 4. The van der Waals surface area contributed by atoms with E-state index >= 15 is 0 Å². The predicted molar refractivity (Wildman–Crippen MR) is 75.9 cm³/mol. The van der Waals surface area contributed by atoms with E-state index in [0.29, 0.717) is 10.7 Å². The van der Waals surface area contributed by atoms with Gasteiger partial charge in [0.2, 0.25) is 0 Å². The highest BCUT2D eigenvalue weighted by Gasteiger charge is 2.16. The van der Waals surface area contributed by atoms with E-state index in [-0.39, 0.29) is 11.6 Å². The molecule has 0 aliphatic rings. The number of benzene rings is 1. The van der Waals surface area contributed by atoms with Crippen LogP contribution in [-0.4, -0.2) is 38.9 Å². The summed E-state index contributed by atoms with van der Waals surface area (Å²) in [5, 5.41) is 5.41. The minimum absolute atomic E-state index is 0.0492. The van der Waals surface area contributed by atoms with E-state index in [1.165, 1.54) is 26.4 Å².